The Bertz CT molecular complexity index is 751. The molecule has 0 unspecified atom stereocenters. The summed E-state index contributed by atoms with van der Waals surface area (Å²) < 4.78 is 0. The molecule has 0 saturated heterocycles. The summed E-state index contributed by atoms with van der Waals surface area (Å²) in [5.74, 6) is -1.74. The third-order valence-electron chi connectivity index (χ3n) is 3.00. The van der Waals surface area contributed by atoms with Crippen LogP contribution in [-0.4, -0.2) is 26.7 Å². The Morgan fingerprint density at radius 1 is 1.00 bits per heavy atom. The number of hydrogen-bond acceptors (Lipinski definition) is 6. The zero-order chi connectivity index (χ0) is 16.3. The van der Waals surface area contributed by atoms with Crippen LogP contribution in [0.3, 0.4) is 0 Å². The fraction of sp³-hybridized carbons (Fsp3) is 0.0667. The summed E-state index contributed by atoms with van der Waals surface area (Å²) in [4.78, 5) is 33.9. The molecule has 2 N–H and O–H groups in total. The van der Waals surface area contributed by atoms with Gasteiger partial charge in [-0.1, -0.05) is 0 Å². The number of nitro benzene ring substituents is 1. The van der Waals surface area contributed by atoms with Crippen molar-refractivity contribution in [2.45, 2.75) is 6.42 Å². The van der Waals surface area contributed by atoms with Gasteiger partial charge in [0.15, 0.2) is 11.6 Å². The molecule has 7 nitrogen and oxygen atoms in total. The second-order valence-corrected chi connectivity index (χ2v) is 4.53. The van der Waals surface area contributed by atoms with Crippen molar-refractivity contribution in [1.29, 1.82) is 0 Å². The van der Waals surface area contributed by atoms with Crippen molar-refractivity contribution in [3.05, 3.63) is 63.7 Å². The Morgan fingerprint density at radius 2 is 1.64 bits per heavy atom. The van der Waals surface area contributed by atoms with E-state index in [0.29, 0.717) is 0 Å². The van der Waals surface area contributed by atoms with Gasteiger partial charge in [-0.25, -0.2) is 0 Å². The van der Waals surface area contributed by atoms with Crippen LogP contribution in [0.25, 0.3) is 0 Å². The van der Waals surface area contributed by atoms with E-state index >= 15 is 0 Å². The average molecular weight is 301 g/mol. The second-order valence-electron chi connectivity index (χ2n) is 4.53. The number of hydrogen-bond donors (Lipinski definition) is 2. The normalized spacial score (nSPS) is 10.2. The monoisotopic (exact) mass is 301 g/mol. The lowest BCUT2D eigenvalue weighted by Crippen LogP contribution is -2.09. The molecule has 0 aliphatic carbocycles. The van der Waals surface area contributed by atoms with Gasteiger partial charge in [0.1, 0.15) is 11.5 Å². The van der Waals surface area contributed by atoms with Gasteiger partial charge in [0.05, 0.1) is 16.9 Å². The van der Waals surface area contributed by atoms with E-state index in [4.69, 9.17) is 5.11 Å². The zero-order valence-corrected chi connectivity index (χ0v) is 11.2. The summed E-state index contributed by atoms with van der Waals surface area (Å²) in [5, 5.41) is 29.3. The standard InChI is InChI=1S/C15H11NO6/c17-11-5-6-12(14(19)7-11)15(20)8-13(18)9-1-3-10(4-2-9)16(21)22/h1-7,17,19H,8H2. The first kappa shape index (κ1) is 15.2. The Morgan fingerprint density at radius 3 is 2.18 bits per heavy atom. The first-order valence-electron chi connectivity index (χ1n) is 6.21. The van der Waals surface area contributed by atoms with Crippen molar-refractivity contribution in [3.8, 4) is 11.5 Å². The Balaban J connectivity index is 2.14. The van der Waals surface area contributed by atoms with Gasteiger partial charge >= 0.3 is 0 Å². The molecule has 0 amide bonds. The molecule has 112 valence electrons. The Kier molecular flexibility index (Phi) is 4.17. The van der Waals surface area contributed by atoms with Crippen LogP contribution in [0.2, 0.25) is 0 Å². The molecule has 0 bridgehead atoms. The third kappa shape index (κ3) is 3.26. The quantitative estimate of drug-likeness (QED) is 0.379. The van der Waals surface area contributed by atoms with E-state index in [2.05, 4.69) is 0 Å². The fourth-order valence-corrected chi connectivity index (χ4v) is 1.87. The smallest absolute Gasteiger partial charge is 0.269 e. The van der Waals surface area contributed by atoms with Crippen molar-refractivity contribution in [2.24, 2.45) is 0 Å². The molecule has 0 aromatic heterocycles. The van der Waals surface area contributed by atoms with Gasteiger partial charge < -0.3 is 10.2 Å². The van der Waals surface area contributed by atoms with E-state index in [0.717, 1.165) is 6.07 Å². The summed E-state index contributed by atoms with van der Waals surface area (Å²) in [6, 6.07) is 8.34. The first-order valence-corrected chi connectivity index (χ1v) is 6.21. The van der Waals surface area contributed by atoms with Gasteiger partial charge in [-0.2, -0.15) is 0 Å². The van der Waals surface area contributed by atoms with Gasteiger partial charge in [0.25, 0.3) is 5.69 Å². The van der Waals surface area contributed by atoms with Crippen molar-refractivity contribution in [1.82, 2.24) is 0 Å². The number of carbonyl (C=O) groups is 2. The number of benzene rings is 2. The van der Waals surface area contributed by atoms with Crippen LogP contribution in [0.4, 0.5) is 5.69 Å². The maximum atomic E-state index is 12.0. The molecule has 0 aliphatic heterocycles. The fourth-order valence-electron chi connectivity index (χ4n) is 1.87. The van der Waals surface area contributed by atoms with Crippen molar-refractivity contribution < 1.29 is 24.7 Å². The number of nitrogens with zero attached hydrogens (tertiary/aromatic N) is 1. The van der Waals surface area contributed by atoms with E-state index in [1.807, 2.05) is 0 Å². The molecule has 2 aromatic rings. The SMILES string of the molecule is O=C(CC(=O)c1ccc(O)cc1O)c1ccc([N+](=O)[O-])cc1. The summed E-state index contributed by atoms with van der Waals surface area (Å²) in [6.07, 6.45) is -0.490. The lowest BCUT2D eigenvalue weighted by molar-refractivity contribution is -0.384. The largest absolute Gasteiger partial charge is 0.508 e. The molecule has 0 radical (unpaired) electrons. The predicted octanol–water partition coefficient (Wildman–Crippen LogP) is 2.46. The molecular weight excluding hydrogens is 290 g/mol. The van der Waals surface area contributed by atoms with E-state index in [9.17, 15) is 24.8 Å². The lowest BCUT2D eigenvalue weighted by atomic mass is 10.0. The molecule has 0 spiro atoms. The van der Waals surface area contributed by atoms with Crippen LogP contribution in [0.15, 0.2) is 42.5 Å². The molecule has 0 fully saturated rings. The molecule has 22 heavy (non-hydrogen) atoms. The number of nitro groups is 1. The van der Waals surface area contributed by atoms with Gasteiger partial charge in [0.2, 0.25) is 0 Å². The van der Waals surface area contributed by atoms with Crippen LogP contribution in [0, 0.1) is 10.1 Å². The highest BCUT2D eigenvalue weighted by molar-refractivity contribution is 6.14. The topological polar surface area (TPSA) is 118 Å². The maximum absolute atomic E-state index is 12.0. The van der Waals surface area contributed by atoms with Crippen LogP contribution in [-0.2, 0) is 0 Å². The number of phenols is 2. The number of aromatic hydroxyl groups is 2. The van der Waals surface area contributed by atoms with Crippen LogP contribution in [0.1, 0.15) is 27.1 Å². The van der Waals surface area contributed by atoms with Gasteiger partial charge in [-0.3, -0.25) is 19.7 Å². The van der Waals surface area contributed by atoms with Crippen molar-refractivity contribution >= 4 is 17.3 Å². The number of phenolic OH excluding ortho intramolecular Hbond substituents is 2. The minimum atomic E-state index is -0.610. The van der Waals surface area contributed by atoms with E-state index in [1.165, 1.54) is 36.4 Å². The zero-order valence-electron chi connectivity index (χ0n) is 11.2. The van der Waals surface area contributed by atoms with Crippen LogP contribution < -0.4 is 0 Å². The lowest BCUT2D eigenvalue weighted by Gasteiger charge is -2.04. The Hall–Kier alpha value is -3.22. The molecule has 0 aliphatic rings. The number of Topliss-reactive ketones (excluding diaryl/α,β-unsaturated/α-hetero) is 2. The van der Waals surface area contributed by atoms with Crippen LogP contribution in [0.5, 0.6) is 11.5 Å². The van der Waals surface area contributed by atoms with Crippen molar-refractivity contribution in [2.75, 3.05) is 0 Å². The minimum Gasteiger partial charge on any atom is -0.508 e. The number of rotatable bonds is 5. The molecule has 0 atom stereocenters. The molecular formula is C15H11NO6. The highest BCUT2D eigenvalue weighted by atomic mass is 16.6. The van der Waals surface area contributed by atoms with E-state index < -0.39 is 28.7 Å². The molecule has 2 aromatic carbocycles. The first-order chi connectivity index (χ1) is 10.4. The van der Waals surface area contributed by atoms with Gasteiger partial charge in [0, 0.05) is 23.8 Å². The predicted molar refractivity (Wildman–Crippen MR) is 76.1 cm³/mol. The van der Waals surface area contributed by atoms with E-state index in [-0.39, 0.29) is 22.6 Å². The highest BCUT2D eigenvalue weighted by Gasteiger charge is 2.17. The molecule has 0 heterocycles. The molecule has 0 saturated carbocycles. The Labute approximate surface area is 124 Å². The summed E-state index contributed by atoms with van der Waals surface area (Å²) in [6.45, 7) is 0. The summed E-state index contributed by atoms with van der Waals surface area (Å²) in [7, 11) is 0. The minimum absolute atomic E-state index is 0.0759. The average Bonchev–Trinajstić information content (AvgIpc) is 2.47. The second kappa shape index (κ2) is 6.04. The molecule has 2 rings (SSSR count). The van der Waals surface area contributed by atoms with Crippen LogP contribution >= 0.6 is 0 Å². The number of non-ortho nitro benzene ring substituents is 1. The highest BCUT2D eigenvalue weighted by Crippen LogP contribution is 2.24. The maximum Gasteiger partial charge on any atom is 0.269 e. The third-order valence-corrected chi connectivity index (χ3v) is 3.00. The summed E-state index contributed by atoms with van der Waals surface area (Å²) >= 11 is 0. The van der Waals surface area contributed by atoms with Crippen molar-refractivity contribution in [3.63, 3.8) is 0 Å². The molecule has 7 heteroatoms. The number of carbonyl (C=O) groups excluding carboxylic acids is 2. The van der Waals surface area contributed by atoms with E-state index in [1.54, 1.807) is 0 Å². The van der Waals surface area contributed by atoms with Gasteiger partial charge in [-0.15, -0.1) is 0 Å². The number of ketones is 2. The van der Waals surface area contributed by atoms with Gasteiger partial charge in [-0.05, 0) is 24.3 Å². The summed E-state index contributed by atoms with van der Waals surface area (Å²) in [5.41, 5.74) is -0.0654.